The van der Waals surface area contributed by atoms with Crippen molar-refractivity contribution in [3.05, 3.63) is 58.3 Å². The standard InChI is InChI=1S/C15H14FN5OS/c1-9-7-14(20-22-9)19-15(21-13(17)8-10(2)23-21)18-12-5-3-11(16)4-6-12/h3-8,17H,1-2H3,(H,18,19,20). The zero-order chi connectivity index (χ0) is 16.4. The number of rotatable bonds is 2. The van der Waals surface area contributed by atoms with Gasteiger partial charge in [0.05, 0.1) is 0 Å². The lowest BCUT2D eigenvalue weighted by Crippen LogP contribution is -2.28. The van der Waals surface area contributed by atoms with Crippen LogP contribution >= 0.6 is 11.5 Å². The highest BCUT2D eigenvalue weighted by Crippen LogP contribution is 2.15. The molecule has 0 bridgehead atoms. The van der Waals surface area contributed by atoms with E-state index in [0.29, 0.717) is 28.7 Å². The first-order chi connectivity index (χ1) is 11.0. The molecule has 0 atom stereocenters. The molecule has 0 unspecified atom stereocenters. The Hall–Kier alpha value is -2.74. The van der Waals surface area contributed by atoms with E-state index in [4.69, 9.17) is 9.93 Å². The summed E-state index contributed by atoms with van der Waals surface area (Å²) in [5.74, 6) is 1.11. The Balaban J connectivity index is 2.02. The predicted octanol–water partition coefficient (Wildman–Crippen LogP) is 3.42. The molecule has 118 valence electrons. The van der Waals surface area contributed by atoms with Crippen molar-refractivity contribution in [2.45, 2.75) is 13.8 Å². The van der Waals surface area contributed by atoms with E-state index in [9.17, 15) is 4.39 Å². The van der Waals surface area contributed by atoms with Gasteiger partial charge in [-0.2, -0.15) is 4.99 Å². The Labute approximate surface area is 135 Å². The van der Waals surface area contributed by atoms with Crippen LogP contribution in [0.2, 0.25) is 0 Å². The fourth-order valence-corrected chi connectivity index (χ4v) is 2.71. The van der Waals surface area contributed by atoms with Crippen molar-refractivity contribution in [3.8, 4) is 0 Å². The number of benzene rings is 1. The van der Waals surface area contributed by atoms with Crippen LogP contribution in [0.5, 0.6) is 0 Å². The van der Waals surface area contributed by atoms with E-state index in [2.05, 4.69) is 15.5 Å². The lowest BCUT2D eigenvalue weighted by Gasteiger charge is -2.09. The maximum absolute atomic E-state index is 13.1. The highest BCUT2D eigenvalue weighted by atomic mass is 32.1. The van der Waals surface area contributed by atoms with Gasteiger partial charge in [-0.1, -0.05) is 16.7 Å². The number of anilines is 1. The number of aryl methyl sites for hydroxylation is 2. The Kier molecular flexibility index (Phi) is 4.07. The van der Waals surface area contributed by atoms with E-state index >= 15 is 0 Å². The van der Waals surface area contributed by atoms with Crippen molar-refractivity contribution in [2.24, 2.45) is 4.99 Å². The van der Waals surface area contributed by atoms with Crippen LogP contribution in [-0.4, -0.2) is 15.1 Å². The van der Waals surface area contributed by atoms with Gasteiger partial charge >= 0.3 is 0 Å². The zero-order valence-corrected chi connectivity index (χ0v) is 13.3. The first kappa shape index (κ1) is 15.2. The Morgan fingerprint density at radius 1 is 1.30 bits per heavy atom. The van der Waals surface area contributed by atoms with Crippen LogP contribution in [0.1, 0.15) is 10.6 Å². The predicted molar refractivity (Wildman–Crippen MR) is 86.7 cm³/mol. The van der Waals surface area contributed by atoms with Crippen LogP contribution in [0.15, 0.2) is 45.9 Å². The summed E-state index contributed by atoms with van der Waals surface area (Å²) in [7, 11) is 0. The number of nitrogens with zero attached hydrogens (tertiary/aromatic N) is 3. The van der Waals surface area contributed by atoms with Crippen LogP contribution in [0.3, 0.4) is 0 Å². The summed E-state index contributed by atoms with van der Waals surface area (Å²) in [6, 6.07) is 9.34. The molecular formula is C15H14FN5OS. The molecule has 0 aliphatic carbocycles. The van der Waals surface area contributed by atoms with Gasteiger partial charge < -0.3 is 9.84 Å². The molecule has 0 saturated heterocycles. The summed E-state index contributed by atoms with van der Waals surface area (Å²) in [5.41, 5.74) is 0.949. The van der Waals surface area contributed by atoms with Gasteiger partial charge in [0.15, 0.2) is 5.82 Å². The first-order valence-electron chi connectivity index (χ1n) is 6.81. The van der Waals surface area contributed by atoms with Gasteiger partial charge in [0.2, 0.25) is 5.96 Å². The second-order valence-electron chi connectivity index (χ2n) is 4.89. The molecule has 0 amide bonds. The normalized spacial score (nSPS) is 11.7. The highest BCUT2D eigenvalue weighted by Gasteiger charge is 2.10. The molecule has 2 aromatic heterocycles. The van der Waals surface area contributed by atoms with Crippen molar-refractivity contribution in [2.75, 3.05) is 5.32 Å². The molecule has 0 radical (unpaired) electrons. The average Bonchev–Trinajstić information content (AvgIpc) is 3.06. The molecule has 23 heavy (non-hydrogen) atoms. The summed E-state index contributed by atoms with van der Waals surface area (Å²) < 4.78 is 19.7. The van der Waals surface area contributed by atoms with Crippen LogP contribution in [0.4, 0.5) is 15.9 Å². The van der Waals surface area contributed by atoms with Gasteiger partial charge in [-0.3, -0.25) is 5.41 Å². The maximum Gasteiger partial charge on any atom is 0.225 e. The fraction of sp³-hybridized carbons (Fsp3) is 0.133. The third kappa shape index (κ3) is 3.54. The molecule has 0 aliphatic heterocycles. The van der Waals surface area contributed by atoms with Crippen molar-refractivity contribution in [1.29, 1.82) is 5.41 Å². The van der Waals surface area contributed by atoms with E-state index < -0.39 is 0 Å². The third-order valence-electron chi connectivity index (χ3n) is 2.92. The lowest BCUT2D eigenvalue weighted by molar-refractivity contribution is 0.399. The lowest BCUT2D eigenvalue weighted by atomic mass is 10.3. The molecule has 6 nitrogen and oxygen atoms in total. The molecule has 2 N–H and O–H groups in total. The van der Waals surface area contributed by atoms with Gasteiger partial charge in [0.1, 0.15) is 17.1 Å². The largest absolute Gasteiger partial charge is 0.359 e. The first-order valence-corrected chi connectivity index (χ1v) is 7.58. The molecule has 3 rings (SSSR count). The van der Waals surface area contributed by atoms with E-state index in [1.807, 2.05) is 6.92 Å². The van der Waals surface area contributed by atoms with Gasteiger partial charge in [0.25, 0.3) is 0 Å². The third-order valence-corrected chi connectivity index (χ3v) is 3.88. The van der Waals surface area contributed by atoms with Gasteiger partial charge in [-0.15, -0.1) is 0 Å². The highest BCUT2D eigenvalue weighted by molar-refractivity contribution is 7.07. The summed E-state index contributed by atoms with van der Waals surface area (Å²) in [5, 5.41) is 15.0. The van der Waals surface area contributed by atoms with E-state index in [1.54, 1.807) is 35.1 Å². The van der Waals surface area contributed by atoms with Crippen molar-refractivity contribution in [1.82, 2.24) is 9.11 Å². The number of halogens is 1. The average molecular weight is 331 g/mol. The molecule has 0 fully saturated rings. The van der Waals surface area contributed by atoms with Gasteiger partial charge in [-0.25, -0.2) is 8.35 Å². The molecule has 0 aliphatic rings. The number of hydrogen-bond donors (Lipinski definition) is 2. The summed E-state index contributed by atoms with van der Waals surface area (Å²) in [6.45, 7) is 3.69. The molecule has 1 aromatic carbocycles. The Morgan fingerprint density at radius 3 is 2.61 bits per heavy atom. The van der Waals surface area contributed by atoms with Crippen molar-refractivity contribution < 1.29 is 8.91 Å². The Bertz CT molecular complexity index is 907. The number of nitrogens with one attached hydrogen (secondary N) is 2. The smallest absolute Gasteiger partial charge is 0.225 e. The minimum absolute atomic E-state index is 0.293. The number of aromatic nitrogens is 2. The molecule has 8 heteroatoms. The molecule has 3 aromatic rings. The van der Waals surface area contributed by atoms with Gasteiger partial charge in [0, 0.05) is 16.6 Å². The van der Waals surface area contributed by atoms with Crippen molar-refractivity contribution >= 4 is 29.0 Å². The summed E-state index contributed by atoms with van der Waals surface area (Å²) >= 11 is 1.37. The summed E-state index contributed by atoms with van der Waals surface area (Å²) in [4.78, 5) is 5.37. The Morgan fingerprint density at radius 2 is 2.04 bits per heavy atom. The molecular weight excluding hydrogens is 317 g/mol. The second kappa shape index (κ2) is 6.17. The minimum Gasteiger partial charge on any atom is -0.359 e. The van der Waals surface area contributed by atoms with E-state index in [1.165, 1.54) is 23.7 Å². The van der Waals surface area contributed by atoms with Gasteiger partial charge in [-0.05, 0) is 44.2 Å². The molecule has 0 spiro atoms. The summed E-state index contributed by atoms with van der Waals surface area (Å²) in [6.07, 6.45) is 0. The topological polar surface area (TPSA) is 79.2 Å². The zero-order valence-electron chi connectivity index (χ0n) is 12.5. The maximum atomic E-state index is 13.1. The number of aliphatic imine (C=N–C) groups is 1. The van der Waals surface area contributed by atoms with Crippen LogP contribution in [0.25, 0.3) is 0 Å². The minimum atomic E-state index is -0.318. The molecule has 0 saturated carbocycles. The van der Waals surface area contributed by atoms with Crippen molar-refractivity contribution in [3.63, 3.8) is 0 Å². The van der Waals surface area contributed by atoms with Crippen LogP contribution in [0, 0.1) is 25.1 Å². The quantitative estimate of drug-likeness (QED) is 0.558. The second-order valence-corrected chi connectivity index (χ2v) is 6.08. The fourth-order valence-electron chi connectivity index (χ4n) is 1.93. The monoisotopic (exact) mass is 331 g/mol. The van der Waals surface area contributed by atoms with Crippen LogP contribution in [-0.2, 0) is 0 Å². The SMILES string of the molecule is Cc1cc(N=C(Nc2ccc(F)cc2)n2sc(C)cc2=N)no1. The molecule has 2 heterocycles. The van der Waals surface area contributed by atoms with E-state index in [-0.39, 0.29) is 5.82 Å². The number of hydrogen-bond acceptors (Lipinski definition) is 5. The van der Waals surface area contributed by atoms with E-state index in [0.717, 1.165) is 4.88 Å². The van der Waals surface area contributed by atoms with Crippen LogP contribution < -0.4 is 10.8 Å².